The lowest BCUT2D eigenvalue weighted by Crippen LogP contribution is -2.43. The SMILES string of the molecule is CCC1(C(=O)NC(C)c2ccccc2OC)CCNC1. The number of methoxy groups -OCH3 is 1. The largest absolute Gasteiger partial charge is 0.496 e. The van der Waals surface area contributed by atoms with Crippen LogP contribution in [0.25, 0.3) is 0 Å². The molecule has 0 radical (unpaired) electrons. The summed E-state index contributed by atoms with van der Waals surface area (Å²) in [5.74, 6) is 0.957. The van der Waals surface area contributed by atoms with Gasteiger partial charge in [-0.2, -0.15) is 0 Å². The molecule has 20 heavy (non-hydrogen) atoms. The highest BCUT2D eigenvalue weighted by atomic mass is 16.5. The Morgan fingerprint density at radius 1 is 1.50 bits per heavy atom. The monoisotopic (exact) mass is 276 g/mol. The van der Waals surface area contributed by atoms with Gasteiger partial charge in [0.05, 0.1) is 18.6 Å². The van der Waals surface area contributed by atoms with Crippen molar-refractivity contribution >= 4 is 5.91 Å². The lowest BCUT2D eigenvalue weighted by molar-refractivity contribution is -0.131. The Hall–Kier alpha value is -1.55. The van der Waals surface area contributed by atoms with Crippen molar-refractivity contribution in [1.82, 2.24) is 10.6 Å². The highest BCUT2D eigenvalue weighted by Gasteiger charge is 2.39. The summed E-state index contributed by atoms with van der Waals surface area (Å²) >= 11 is 0. The van der Waals surface area contributed by atoms with Crippen LogP contribution in [0, 0.1) is 5.41 Å². The first-order valence-electron chi connectivity index (χ1n) is 7.27. The van der Waals surface area contributed by atoms with Crippen molar-refractivity contribution in [2.75, 3.05) is 20.2 Å². The van der Waals surface area contributed by atoms with Crippen molar-refractivity contribution in [2.24, 2.45) is 5.41 Å². The zero-order valence-corrected chi connectivity index (χ0v) is 12.5. The molecule has 110 valence electrons. The van der Waals surface area contributed by atoms with Crippen LogP contribution in [0.5, 0.6) is 5.75 Å². The molecule has 1 aromatic rings. The second-order valence-corrected chi connectivity index (χ2v) is 5.50. The van der Waals surface area contributed by atoms with Gasteiger partial charge in [-0.05, 0) is 32.4 Å². The van der Waals surface area contributed by atoms with Gasteiger partial charge in [0.15, 0.2) is 0 Å². The molecule has 2 rings (SSSR count). The third kappa shape index (κ3) is 2.80. The van der Waals surface area contributed by atoms with Crippen LogP contribution in [-0.2, 0) is 4.79 Å². The minimum absolute atomic E-state index is 0.0531. The van der Waals surface area contributed by atoms with Gasteiger partial charge >= 0.3 is 0 Å². The minimum atomic E-state index is -0.254. The first-order valence-corrected chi connectivity index (χ1v) is 7.27. The summed E-state index contributed by atoms with van der Waals surface area (Å²) in [7, 11) is 1.65. The van der Waals surface area contributed by atoms with Crippen molar-refractivity contribution in [1.29, 1.82) is 0 Å². The standard InChI is InChI=1S/C16H24N2O2/c1-4-16(9-10-17-11-16)15(19)18-12(2)13-7-5-6-8-14(13)20-3/h5-8,12,17H,4,9-11H2,1-3H3,(H,18,19). The number of para-hydroxylation sites is 1. The van der Waals surface area contributed by atoms with Crippen LogP contribution in [0.2, 0.25) is 0 Å². The maximum Gasteiger partial charge on any atom is 0.228 e. The number of carbonyl (C=O) groups excluding carboxylic acids is 1. The molecule has 2 N–H and O–H groups in total. The Kier molecular flexibility index (Phi) is 4.65. The van der Waals surface area contributed by atoms with E-state index in [4.69, 9.17) is 4.74 Å². The number of ether oxygens (including phenoxy) is 1. The molecular formula is C16H24N2O2. The topological polar surface area (TPSA) is 50.4 Å². The number of hydrogen-bond donors (Lipinski definition) is 2. The fourth-order valence-corrected chi connectivity index (χ4v) is 2.85. The zero-order valence-electron chi connectivity index (χ0n) is 12.5. The van der Waals surface area contributed by atoms with E-state index in [1.807, 2.05) is 31.2 Å². The Balaban J connectivity index is 2.11. The van der Waals surface area contributed by atoms with Crippen molar-refractivity contribution in [2.45, 2.75) is 32.7 Å². The third-order valence-electron chi connectivity index (χ3n) is 4.36. The molecule has 1 aliphatic heterocycles. The predicted octanol–water partition coefficient (Wildman–Crippen LogP) is 2.26. The van der Waals surface area contributed by atoms with Crippen LogP contribution in [0.15, 0.2) is 24.3 Å². The number of hydrogen-bond acceptors (Lipinski definition) is 3. The van der Waals surface area contributed by atoms with Gasteiger partial charge in [-0.1, -0.05) is 25.1 Å². The molecule has 1 aromatic carbocycles. The Bertz CT molecular complexity index is 467. The normalized spacial score (nSPS) is 23.4. The van der Waals surface area contributed by atoms with Crippen molar-refractivity contribution in [3.05, 3.63) is 29.8 Å². The van der Waals surface area contributed by atoms with E-state index < -0.39 is 0 Å². The number of amides is 1. The first-order chi connectivity index (χ1) is 9.63. The molecule has 1 amide bonds. The van der Waals surface area contributed by atoms with Crippen LogP contribution in [-0.4, -0.2) is 26.1 Å². The summed E-state index contributed by atoms with van der Waals surface area (Å²) in [5, 5.41) is 6.44. The molecule has 0 spiro atoms. The van der Waals surface area contributed by atoms with E-state index in [0.29, 0.717) is 0 Å². The van der Waals surface area contributed by atoms with Gasteiger partial charge in [0.2, 0.25) is 5.91 Å². The summed E-state index contributed by atoms with van der Waals surface area (Å²) < 4.78 is 5.36. The zero-order chi connectivity index (χ0) is 14.6. The summed E-state index contributed by atoms with van der Waals surface area (Å²) in [6.45, 7) is 5.78. The molecule has 4 nitrogen and oxygen atoms in total. The molecule has 0 saturated carbocycles. The Morgan fingerprint density at radius 2 is 2.25 bits per heavy atom. The molecule has 4 heteroatoms. The molecule has 1 saturated heterocycles. The van der Waals surface area contributed by atoms with Crippen molar-refractivity contribution < 1.29 is 9.53 Å². The average Bonchev–Trinajstić information content (AvgIpc) is 2.97. The van der Waals surface area contributed by atoms with Crippen LogP contribution < -0.4 is 15.4 Å². The molecule has 0 aromatic heterocycles. The molecule has 1 fully saturated rings. The molecule has 1 heterocycles. The van der Waals surface area contributed by atoms with Gasteiger partial charge in [-0.3, -0.25) is 4.79 Å². The minimum Gasteiger partial charge on any atom is -0.496 e. The van der Waals surface area contributed by atoms with Crippen LogP contribution >= 0.6 is 0 Å². The number of carbonyl (C=O) groups is 1. The second kappa shape index (κ2) is 6.27. The van der Waals surface area contributed by atoms with Gasteiger partial charge in [-0.15, -0.1) is 0 Å². The van der Waals surface area contributed by atoms with Gasteiger partial charge in [0.25, 0.3) is 0 Å². The molecule has 2 atom stereocenters. The maximum absolute atomic E-state index is 12.6. The van der Waals surface area contributed by atoms with Crippen molar-refractivity contribution in [3.8, 4) is 5.75 Å². The Labute approximate surface area is 120 Å². The van der Waals surface area contributed by atoms with E-state index >= 15 is 0 Å². The fourth-order valence-electron chi connectivity index (χ4n) is 2.85. The van der Waals surface area contributed by atoms with Crippen LogP contribution in [0.1, 0.15) is 38.3 Å². The van der Waals surface area contributed by atoms with Crippen LogP contribution in [0.3, 0.4) is 0 Å². The van der Waals surface area contributed by atoms with Crippen molar-refractivity contribution in [3.63, 3.8) is 0 Å². The molecule has 0 bridgehead atoms. The predicted molar refractivity (Wildman–Crippen MR) is 79.8 cm³/mol. The van der Waals surface area contributed by atoms with E-state index in [-0.39, 0.29) is 17.4 Å². The lowest BCUT2D eigenvalue weighted by atomic mass is 9.83. The molecular weight excluding hydrogens is 252 g/mol. The number of nitrogens with one attached hydrogen (secondary N) is 2. The highest BCUT2D eigenvalue weighted by molar-refractivity contribution is 5.83. The van der Waals surface area contributed by atoms with E-state index in [0.717, 1.165) is 37.2 Å². The fraction of sp³-hybridized carbons (Fsp3) is 0.562. The van der Waals surface area contributed by atoms with Gasteiger partial charge < -0.3 is 15.4 Å². The van der Waals surface area contributed by atoms with E-state index in [1.165, 1.54) is 0 Å². The smallest absolute Gasteiger partial charge is 0.228 e. The second-order valence-electron chi connectivity index (χ2n) is 5.50. The average molecular weight is 276 g/mol. The molecule has 1 aliphatic rings. The lowest BCUT2D eigenvalue weighted by Gasteiger charge is -2.28. The van der Waals surface area contributed by atoms with Gasteiger partial charge in [0, 0.05) is 12.1 Å². The van der Waals surface area contributed by atoms with Gasteiger partial charge in [-0.25, -0.2) is 0 Å². The van der Waals surface area contributed by atoms with E-state index in [2.05, 4.69) is 17.6 Å². The molecule has 0 aliphatic carbocycles. The highest BCUT2D eigenvalue weighted by Crippen LogP contribution is 2.31. The summed E-state index contributed by atoms with van der Waals surface area (Å²) in [4.78, 5) is 12.6. The molecule has 2 unspecified atom stereocenters. The third-order valence-corrected chi connectivity index (χ3v) is 4.36. The number of rotatable bonds is 5. The van der Waals surface area contributed by atoms with Gasteiger partial charge in [0.1, 0.15) is 5.75 Å². The maximum atomic E-state index is 12.6. The Morgan fingerprint density at radius 3 is 2.85 bits per heavy atom. The van der Waals surface area contributed by atoms with Crippen LogP contribution in [0.4, 0.5) is 0 Å². The van der Waals surface area contributed by atoms with E-state index in [9.17, 15) is 4.79 Å². The quantitative estimate of drug-likeness (QED) is 0.867. The number of benzene rings is 1. The summed E-state index contributed by atoms with van der Waals surface area (Å²) in [6, 6.07) is 7.76. The first kappa shape index (κ1) is 14.9. The van der Waals surface area contributed by atoms with E-state index in [1.54, 1.807) is 7.11 Å². The summed E-state index contributed by atoms with van der Waals surface area (Å²) in [5.41, 5.74) is 0.761. The summed E-state index contributed by atoms with van der Waals surface area (Å²) in [6.07, 6.45) is 1.78.